The minimum atomic E-state index is 0.984. The van der Waals surface area contributed by atoms with Crippen LogP contribution in [-0.4, -0.2) is 9.97 Å². The van der Waals surface area contributed by atoms with Gasteiger partial charge in [0, 0.05) is 23.3 Å². The average Bonchev–Trinajstić information content (AvgIpc) is 3.29. The van der Waals surface area contributed by atoms with Crippen LogP contribution in [0.3, 0.4) is 0 Å². The molecule has 2 nitrogen and oxygen atoms in total. The molecule has 0 unspecified atom stereocenters. The molecule has 2 aromatic heterocycles. The van der Waals surface area contributed by atoms with Gasteiger partial charge in [0.15, 0.2) is 0 Å². The highest BCUT2D eigenvalue weighted by Crippen LogP contribution is 2.51. The summed E-state index contributed by atoms with van der Waals surface area (Å²) in [5.41, 5.74) is 10.7. The first kappa shape index (κ1) is 19.5. The van der Waals surface area contributed by atoms with E-state index in [1.165, 1.54) is 43.8 Å². The summed E-state index contributed by atoms with van der Waals surface area (Å²) in [6, 6.07) is 39.2. The standard InChI is InChI=1S/C34H20N2/c1-2-7-25-21(5-1)12-13-28-29-15-14-26(27-8-3-9-30(33(25)28)34(27)29)32-20-24(16-18-36-32)23-11-10-22-6-4-17-35-31(22)19-23/h1-20H. The van der Waals surface area contributed by atoms with E-state index < -0.39 is 0 Å². The number of hydrogen-bond donors (Lipinski definition) is 0. The molecule has 0 aliphatic heterocycles. The number of rotatable bonds is 2. The van der Waals surface area contributed by atoms with E-state index in [0.29, 0.717) is 0 Å². The molecule has 0 amide bonds. The zero-order valence-electron chi connectivity index (χ0n) is 19.4. The lowest BCUT2D eigenvalue weighted by Crippen LogP contribution is -1.88. The number of pyridine rings is 2. The van der Waals surface area contributed by atoms with E-state index in [9.17, 15) is 0 Å². The van der Waals surface area contributed by atoms with Crippen LogP contribution in [0.2, 0.25) is 0 Å². The molecule has 8 rings (SSSR count). The van der Waals surface area contributed by atoms with Gasteiger partial charge in [-0.1, -0.05) is 84.9 Å². The third-order valence-electron chi connectivity index (χ3n) is 7.50. The van der Waals surface area contributed by atoms with Crippen molar-refractivity contribution in [3.05, 3.63) is 122 Å². The van der Waals surface area contributed by atoms with Gasteiger partial charge in [0.2, 0.25) is 0 Å². The summed E-state index contributed by atoms with van der Waals surface area (Å²) in [6.07, 6.45) is 3.76. The van der Waals surface area contributed by atoms with Gasteiger partial charge in [-0.05, 0) is 79.2 Å². The zero-order valence-corrected chi connectivity index (χ0v) is 19.4. The Bertz CT molecular complexity index is 2000. The molecule has 0 N–H and O–H groups in total. The molecular formula is C34H20N2. The predicted molar refractivity (Wildman–Crippen MR) is 150 cm³/mol. The van der Waals surface area contributed by atoms with Crippen molar-refractivity contribution in [1.29, 1.82) is 0 Å². The molecule has 7 aromatic rings. The van der Waals surface area contributed by atoms with Crippen LogP contribution in [0.4, 0.5) is 0 Å². The summed E-state index contributed by atoms with van der Waals surface area (Å²) >= 11 is 0. The van der Waals surface area contributed by atoms with Gasteiger partial charge in [-0.15, -0.1) is 0 Å². The minimum Gasteiger partial charge on any atom is -0.256 e. The molecule has 0 fully saturated rings. The fourth-order valence-corrected chi connectivity index (χ4v) is 5.85. The molecule has 166 valence electrons. The molecule has 0 spiro atoms. The number of aromatic nitrogens is 2. The van der Waals surface area contributed by atoms with E-state index in [2.05, 4.69) is 108 Å². The highest BCUT2D eigenvalue weighted by Gasteiger charge is 2.24. The number of fused-ring (bicyclic) bond motifs is 6. The Morgan fingerprint density at radius 2 is 1.25 bits per heavy atom. The van der Waals surface area contributed by atoms with Gasteiger partial charge in [-0.3, -0.25) is 9.97 Å². The first-order chi connectivity index (χ1) is 17.8. The average molecular weight is 457 g/mol. The topological polar surface area (TPSA) is 25.8 Å². The summed E-state index contributed by atoms with van der Waals surface area (Å²) in [7, 11) is 0. The highest BCUT2D eigenvalue weighted by atomic mass is 14.7. The van der Waals surface area contributed by atoms with Crippen molar-refractivity contribution in [2.75, 3.05) is 0 Å². The lowest BCUT2D eigenvalue weighted by molar-refractivity contribution is 1.33. The predicted octanol–water partition coefficient (Wildman–Crippen LogP) is 8.92. The second-order valence-electron chi connectivity index (χ2n) is 9.44. The molecule has 0 saturated carbocycles. The molecule has 36 heavy (non-hydrogen) atoms. The molecule has 0 radical (unpaired) electrons. The van der Waals surface area contributed by atoms with E-state index in [1.807, 2.05) is 18.5 Å². The van der Waals surface area contributed by atoms with Crippen molar-refractivity contribution in [3.8, 4) is 44.6 Å². The van der Waals surface area contributed by atoms with E-state index in [1.54, 1.807) is 0 Å². The van der Waals surface area contributed by atoms with Crippen molar-refractivity contribution in [1.82, 2.24) is 9.97 Å². The highest BCUT2D eigenvalue weighted by molar-refractivity contribution is 6.23. The summed E-state index contributed by atoms with van der Waals surface area (Å²) in [5.74, 6) is 0. The van der Waals surface area contributed by atoms with Crippen LogP contribution < -0.4 is 0 Å². The van der Waals surface area contributed by atoms with Gasteiger partial charge in [-0.2, -0.15) is 0 Å². The Morgan fingerprint density at radius 3 is 2.25 bits per heavy atom. The van der Waals surface area contributed by atoms with Crippen molar-refractivity contribution >= 4 is 32.4 Å². The van der Waals surface area contributed by atoms with Crippen molar-refractivity contribution in [2.24, 2.45) is 0 Å². The monoisotopic (exact) mass is 456 g/mol. The summed E-state index contributed by atoms with van der Waals surface area (Å²) in [4.78, 5) is 9.35. The van der Waals surface area contributed by atoms with Gasteiger partial charge < -0.3 is 0 Å². The van der Waals surface area contributed by atoms with Crippen LogP contribution in [0.1, 0.15) is 0 Å². The van der Waals surface area contributed by atoms with Crippen LogP contribution >= 0.6 is 0 Å². The van der Waals surface area contributed by atoms with Gasteiger partial charge in [-0.25, -0.2) is 0 Å². The Hall–Kier alpha value is -4.82. The van der Waals surface area contributed by atoms with E-state index in [0.717, 1.165) is 33.3 Å². The fourth-order valence-electron chi connectivity index (χ4n) is 5.85. The third-order valence-corrected chi connectivity index (χ3v) is 7.50. The Morgan fingerprint density at radius 1 is 0.444 bits per heavy atom. The fraction of sp³-hybridized carbons (Fsp3) is 0. The van der Waals surface area contributed by atoms with Crippen LogP contribution in [-0.2, 0) is 0 Å². The molecule has 2 heterocycles. The third kappa shape index (κ3) is 2.73. The van der Waals surface area contributed by atoms with Gasteiger partial charge >= 0.3 is 0 Å². The van der Waals surface area contributed by atoms with Crippen LogP contribution in [0.15, 0.2) is 122 Å². The number of benzene rings is 5. The molecule has 1 aliphatic rings. The molecular weight excluding hydrogens is 436 g/mol. The Balaban J connectivity index is 1.33. The van der Waals surface area contributed by atoms with Gasteiger partial charge in [0.25, 0.3) is 0 Å². The smallest absolute Gasteiger partial charge is 0.0714 e. The quantitative estimate of drug-likeness (QED) is 0.259. The largest absolute Gasteiger partial charge is 0.256 e. The Kier molecular flexibility index (Phi) is 3.97. The lowest BCUT2D eigenvalue weighted by Gasteiger charge is -2.11. The van der Waals surface area contributed by atoms with Crippen LogP contribution in [0, 0.1) is 0 Å². The van der Waals surface area contributed by atoms with Gasteiger partial charge in [0.1, 0.15) is 0 Å². The normalized spacial score (nSPS) is 11.9. The van der Waals surface area contributed by atoms with Crippen molar-refractivity contribution in [2.45, 2.75) is 0 Å². The SMILES string of the molecule is c1cnc2cc(-c3ccnc(-c4ccc5c6c(cccc46)-c4c-5ccc5ccccc45)c3)ccc2c1. The maximum Gasteiger partial charge on any atom is 0.0714 e. The second-order valence-corrected chi connectivity index (χ2v) is 9.44. The lowest BCUT2D eigenvalue weighted by atomic mass is 9.95. The number of hydrogen-bond acceptors (Lipinski definition) is 2. The minimum absolute atomic E-state index is 0.984. The van der Waals surface area contributed by atoms with E-state index >= 15 is 0 Å². The zero-order chi connectivity index (χ0) is 23.6. The first-order valence-electron chi connectivity index (χ1n) is 12.2. The Labute approximate surface area is 208 Å². The summed E-state index contributed by atoms with van der Waals surface area (Å²) in [5, 5.41) is 6.31. The summed E-state index contributed by atoms with van der Waals surface area (Å²) < 4.78 is 0. The van der Waals surface area contributed by atoms with Crippen molar-refractivity contribution < 1.29 is 0 Å². The maximum atomic E-state index is 4.81. The molecule has 1 aliphatic carbocycles. The molecule has 0 saturated heterocycles. The maximum absolute atomic E-state index is 4.81. The van der Waals surface area contributed by atoms with Gasteiger partial charge in [0.05, 0.1) is 11.2 Å². The molecule has 2 heteroatoms. The second kappa shape index (κ2) is 7.34. The number of nitrogens with zero attached hydrogens (tertiary/aromatic N) is 2. The van der Waals surface area contributed by atoms with Crippen molar-refractivity contribution in [3.63, 3.8) is 0 Å². The summed E-state index contributed by atoms with van der Waals surface area (Å²) in [6.45, 7) is 0. The molecule has 0 bridgehead atoms. The molecule has 5 aromatic carbocycles. The van der Waals surface area contributed by atoms with Crippen LogP contribution in [0.5, 0.6) is 0 Å². The first-order valence-corrected chi connectivity index (χ1v) is 12.2. The van der Waals surface area contributed by atoms with Crippen LogP contribution in [0.25, 0.3) is 77.1 Å². The van der Waals surface area contributed by atoms with E-state index in [-0.39, 0.29) is 0 Å². The van der Waals surface area contributed by atoms with E-state index in [4.69, 9.17) is 4.98 Å². The molecule has 0 atom stereocenters.